The molecule has 0 aliphatic heterocycles. The molecule has 1 atom stereocenters. The molecule has 1 aliphatic carbocycles. The van der Waals surface area contributed by atoms with Crippen molar-refractivity contribution in [2.75, 3.05) is 6.54 Å². The molecule has 0 amide bonds. The lowest BCUT2D eigenvalue weighted by Crippen LogP contribution is -2.35. The third-order valence-electron chi connectivity index (χ3n) is 4.35. The van der Waals surface area contributed by atoms with E-state index in [4.69, 9.17) is 0 Å². The average molecular weight is 265 g/mol. The summed E-state index contributed by atoms with van der Waals surface area (Å²) in [7, 11) is 0. The van der Waals surface area contributed by atoms with Crippen LogP contribution in [0.25, 0.3) is 0 Å². The molecular weight excluding hydrogens is 241 g/mol. The Morgan fingerprint density at radius 1 is 1.32 bits per heavy atom. The summed E-state index contributed by atoms with van der Waals surface area (Å²) in [5.74, 6) is -0.360. The lowest BCUT2D eigenvalue weighted by molar-refractivity contribution is 0.201. The van der Waals surface area contributed by atoms with Crippen molar-refractivity contribution in [3.63, 3.8) is 0 Å². The normalized spacial score (nSPS) is 20.2. The second-order valence-electron chi connectivity index (χ2n) is 6.18. The van der Waals surface area contributed by atoms with Crippen molar-refractivity contribution in [3.05, 3.63) is 29.6 Å². The predicted octanol–water partition coefficient (Wildman–Crippen LogP) is 4.15. The van der Waals surface area contributed by atoms with Crippen LogP contribution in [0.2, 0.25) is 0 Å². The van der Waals surface area contributed by atoms with E-state index in [1.54, 1.807) is 12.1 Å². The van der Waals surface area contributed by atoms with Crippen LogP contribution in [0.5, 0.6) is 5.75 Å². The van der Waals surface area contributed by atoms with E-state index in [0.717, 1.165) is 6.54 Å². The minimum atomic E-state index is -0.339. The molecule has 106 valence electrons. The number of halogens is 1. The minimum absolute atomic E-state index is 0.0207. The summed E-state index contributed by atoms with van der Waals surface area (Å²) in [6, 6.07) is 4.35. The van der Waals surface area contributed by atoms with E-state index in [-0.39, 0.29) is 17.6 Å². The van der Waals surface area contributed by atoms with Crippen molar-refractivity contribution in [3.8, 4) is 5.75 Å². The van der Waals surface area contributed by atoms with Crippen LogP contribution < -0.4 is 5.32 Å². The first kappa shape index (κ1) is 14.3. The lowest BCUT2D eigenvalue weighted by Gasteiger charge is -2.35. The number of phenolic OH excluding ortho intramolecular Hbond substituents is 1. The third-order valence-corrected chi connectivity index (χ3v) is 4.35. The molecule has 1 aliphatic rings. The Morgan fingerprint density at radius 3 is 2.63 bits per heavy atom. The molecule has 3 heteroatoms. The van der Waals surface area contributed by atoms with Gasteiger partial charge in [0.05, 0.1) is 0 Å². The van der Waals surface area contributed by atoms with Gasteiger partial charge >= 0.3 is 0 Å². The largest absolute Gasteiger partial charge is 0.508 e. The Bertz CT molecular complexity index is 427. The molecule has 0 spiro atoms. The number of nitrogens with one attached hydrogen (secondary N) is 1. The smallest absolute Gasteiger partial charge is 0.131 e. The summed E-state index contributed by atoms with van der Waals surface area (Å²) < 4.78 is 13.8. The summed E-state index contributed by atoms with van der Waals surface area (Å²) >= 11 is 0. The number of aromatic hydroxyl groups is 1. The molecule has 0 radical (unpaired) electrons. The van der Waals surface area contributed by atoms with E-state index in [0.29, 0.717) is 11.0 Å². The third kappa shape index (κ3) is 3.69. The molecule has 19 heavy (non-hydrogen) atoms. The van der Waals surface area contributed by atoms with E-state index < -0.39 is 0 Å². The molecule has 1 fully saturated rings. The van der Waals surface area contributed by atoms with Crippen molar-refractivity contribution in [1.82, 2.24) is 5.32 Å². The van der Waals surface area contributed by atoms with Gasteiger partial charge in [0, 0.05) is 24.2 Å². The van der Waals surface area contributed by atoms with Gasteiger partial charge in [0.15, 0.2) is 0 Å². The van der Waals surface area contributed by atoms with Crippen molar-refractivity contribution < 1.29 is 9.50 Å². The molecule has 0 aromatic heterocycles. The van der Waals surface area contributed by atoms with Gasteiger partial charge in [-0.2, -0.15) is 0 Å². The Kier molecular flexibility index (Phi) is 4.46. The fourth-order valence-electron chi connectivity index (χ4n) is 2.96. The molecule has 0 heterocycles. The number of rotatable bonds is 4. The van der Waals surface area contributed by atoms with Crippen LogP contribution >= 0.6 is 0 Å². The van der Waals surface area contributed by atoms with Gasteiger partial charge in [-0.05, 0) is 31.2 Å². The van der Waals surface area contributed by atoms with Crippen LogP contribution in [0.1, 0.15) is 57.6 Å². The van der Waals surface area contributed by atoms with Crippen LogP contribution in [0.3, 0.4) is 0 Å². The minimum Gasteiger partial charge on any atom is -0.508 e. The lowest BCUT2D eigenvalue weighted by atomic mass is 9.75. The van der Waals surface area contributed by atoms with E-state index in [9.17, 15) is 9.50 Å². The zero-order chi connectivity index (χ0) is 13.9. The molecular formula is C16H24FNO. The van der Waals surface area contributed by atoms with Gasteiger partial charge in [-0.1, -0.05) is 32.3 Å². The number of hydrogen-bond donors (Lipinski definition) is 2. The quantitative estimate of drug-likeness (QED) is 0.857. The first-order chi connectivity index (χ1) is 9.00. The standard InChI is InChI=1S/C16H24FNO/c1-12(14-7-6-13(19)10-15(14)17)18-11-16(2)8-4-3-5-9-16/h6-7,10,12,18-19H,3-5,8-9,11H2,1-2H3. The monoisotopic (exact) mass is 265 g/mol. The Labute approximate surface area is 115 Å². The average Bonchev–Trinajstić information content (AvgIpc) is 2.37. The van der Waals surface area contributed by atoms with Gasteiger partial charge in [0.1, 0.15) is 11.6 Å². The molecule has 2 rings (SSSR count). The maximum atomic E-state index is 13.8. The van der Waals surface area contributed by atoms with Crippen molar-refractivity contribution in [2.24, 2.45) is 5.41 Å². The van der Waals surface area contributed by atoms with Crippen LogP contribution in [0, 0.1) is 11.2 Å². The highest BCUT2D eigenvalue weighted by Gasteiger charge is 2.27. The molecule has 1 aromatic carbocycles. The summed E-state index contributed by atoms with van der Waals surface area (Å²) in [6.07, 6.45) is 6.47. The zero-order valence-corrected chi connectivity index (χ0v) is 11.9. The van der Waals surface area contributed by atoms with E-state index >= 15 is 0 Å². The highest BCUT2D eigenvalue weighted by molar-refractivity contribution is 5.29. The second-order valence-corrected chi connectivity index (χ2v) is 6.18. The summed E-state index contributed by atoms with van der Waals surface area (Å²) in [6.45, 7) is 5.22. The number of benzene rings is 1. The SMILES string of the molecule is CC(NCC1(C)CCCCC1)c1ccc(O)cc1F. The Balaban J connectivity index is 1.95. The van der Waals surface area contributed by atoms with Crippen molar-refractivity contribution in [2.45, 2.75) is 52.0 Å². The maximum Gasteiger partial charge on any atom is 0.131 e. The maximum absolute atomic E-state index is 13.8. The Hall–Kier alpha value is -1.09. The summed E-state index contributed by atoms with van der Waals surface area (Å²) in [4.78, 5) is 0. The molecule has 0 bridgehead atoms. The van der Waals surface area contributed by atoms with Crippen LogP contribution in [-0.2, 0) is 0 Å². The molecule has 1 saturated carbocycles. The van der Waals surface area contributed by atoms with E-state index in [1.807, 2.05) is 6.92 Å². The van der Waals surface area contributed by atoms with Gasteiger partial charge in [-0.15, -0.1) is 0 Å². The van der Waals surface area contributed by atoms with Gasteiger partial charge in [-0.25, -0.2) is 4.39 Å². The van der Waals surface area contributed by atoms with E-state index in [2.05, 4.69) is 12.2 Å². The van der Waals surface area contributed by atoms with Gasteiger partial charge in [-0.3, -0.25) is 0 Å². The van der Waals surface area contributed by atoms with Gasteiger partial charge in [0.2, 0.25) is 0 Å². The van der Waals surface area contributed by atoms with Gasteiger partial charge in [0.25, 0.3) is 0 Å². The van der Waals surface area contributed by atoms with Crippen molar-refractivity contribution in [1.29, 1.82) is 0 Å². The molecule has 0 saturated heterocycles. The highest BCUT2D eigenvalue weighted by Crippen LogP contribution is 2.35. The summed E-state index contributed by atoms with van der Waals surface area (Å²) in [5, 5.41) is 12.7. The van der Waals surface area contributed by atoms with Crippen LogP contribution in [0.4, 0.5) is 4.39 Å². The topological polar surface area (TPSA) is 32.3 Å². The Morgan fingerprint density at radius 2 is 2.00 bits per heavy atom. The molecule has 1 unspecified atom stereocenters. The van der Waals surface area contributed by atoms with Crippen LogP contribution in [0.15, 0.2) is 18.2 Å². The fourth-order valence-corrected chi connectivity index (χ4v) is 2.96. The number of hydrogen-bond acceptors (Lipinski definition) is 2. The van der Waals surface area contributed by atoms with E-state index in [1.165, 1.54) is 38.2 Å². The summed E-state index contributed by atoms with van der Waals surface area (Å²) in [5.41, 5.74) is 0.970. The van der Waals surface area contributed by atoms with Crippen molar-refractivity contribution >= 4 is 0 Å². The number of phenols is 1. The molecule has 2 N–H and O–H groups in total. The molecule has 1 aromatic rings. The first-order valence-corrected chi connectivity index (χ1v) is 7.22. The second kappa shape index (κ2) is 5.91. The fraction of sp³-hybridized carbons (Fsp3) is 0.625. The van der Waals surface area contributed by atoms with Gasteiger partial charge < -0.3 is 10.4 Å². The zero-order valence-electron chi connectivity index (χ0n) is 11.9. The highest BCUT2D eigenvalue weighted by atomic mass is 19.1. The van der Waals surface area contributed by atoms with Crippen LogP contribution in [-0.4, -0.2) is 11.7 Å². The first-order valence-electron chi connectivity index (χ1n) is 7.22. The molecule has 2 nitrogen and oxygen atoms in total. The predicted molar refractivity (Wildman–Crippen MR) is 75.7 cm³/mol.